The second-order valence-corrected chi connectivity index (χ2v) is 15.3. The second-order valence-electron chi connectivity index (χ2n) is 14.3. The van der Waals surface area contributed by atoms with E-state index in [0.29, 0.717) is 11.7 Å². The number of hydrogen-bond donors (Lipinski definition) is 0. The summed E-state index contributed by atoms with van der Waals surface area (Å²) >= 11 is 1.64. The highest BCUT2D eigenvalue weighted by atomic mass is 32.1. The second kappa shape index (κ2) is 17.2. The summed E-state index contributed by atoms with van der Waals surface area (Å²) in [6, 6.07) is 46.5. The monoisotopic (exact) mass is 780 g/mol. The molecular formula is C54H44N4S. The number of amidine groups is 1. The van der Waals surface area contributed by atoms with E-state index in [9.17, 15) is 0 Å². The third kappa shape index (κ3) is 7.81. The van der Waals surface area contributed by atoms with E-state index in [4.69, 9.17) is 20.0 Å². The molecule has 0 spiro atoms. The minimum atomic E-state index is -0.296. The van der Waals surface area contributed by atoms with Crippen LogP contribution in [0.4, 0.5) is 0 Å². The Balaban J connectivity index is 1.40. The molecule has 1 atom stereocenters. The van der Waals surface area contributed by atoms with Crippen molar-refractivity contribution in [2.75, 3.05) is 0 Å². The highest BCUT2D eigenvalue weighted by molar-refractivity contribution is 7.19. The van der Waals surface area contributed by atoms with Crippen molar-refractivity contribution in [2.45, 2.75) is 26.8 Å². The van der Waals surface area contributed by atoms with Crippen LogP contribution in [0, 0.1) is 0 Å². The van der Waals surface area contributed by atoms with Crippen molar-refractivity contribution in [3.05, 3.63) is 205 Å². The Morgan fingerprint density at radius 1 is 0.729 bits per heavy atom. The van der Waals surface area contributed by atoms with E-state index in [1.54, 1.807) is 23.5 Å². The van der Waals surface area contributed by atoms with E-state index in [1.165, 1.54) is 21.5 Å². The molecule has 0 aliphatic carbocycles. The Kier molecular flexibility index (Phi) is 11.3. The predicted molar refractivity (Wildman–Crippen MR) is 257 cm³/mol. The predicted octanol–water partition coefficient (Wildman–Crippen LogP) is 14.9. The Hall–Kier alpha value is -7.08. The van der Waals surface area contributed by atoms with Crippen LogP contribution in [0.5, 0.6) is 0 Å². The number of allylic oxidation sites excluding steroid dienone is 5. The molecule has 0 bridgehead atoms. The average Bonchev–Trinajstić information content (AvgIpc) is 3.65. The first-order valence-corrected chi connectivity index (χ1v) is 20.6. The minimum Gasteiger partial charge on any atom is -0.258 e. The van der Waals surface area contributed by atoms with E-state index in [2.05, 4.69) is 136 Å². The number of nitrogens with zero attached hydrogens (tertiary/aromatic N) is 4. The molecule has 0 aliphatic heterocycles. The van der Waals surface area contributed by atoms with Crippen LogP contribution < -0.4 is 0 Å². The number of rotatable bonds is 11. The van der Waals surface area contributed by atoms with Crippen LogP contribution in [0.2, 0.25) is 0 Å². The molecule has 1 unspecified atom stereocenters. The first kappa shape index (κ1) is 38.8. The van der Waals surface area contributed by atoms with Crippen molar-refractivity contribution >= 4 is 66.8 Å². The topological polar surface area (TPSA) is 50.5 Å². The van der Waals surface area contributed by atoms with Gasteiger partial charge in [-0.05, 0) is 88.8 Å². The molecule has 6 aromatic carbocycles. The summed E-state index contributed by atoms with van der Waals surface area (Å²) in [7, 11) is 0. The van der Waals surface area contributed by atoms with Gasteiger partial charge in [0.15, 0.2) is 11.7 Å². The smallest absolute Gasteiger partial charge is 0.161 e. The number of hydrogen-bond acceptors (Lipinski definition) is 4. The fourth-order valence-corrected chi connectivity index (χ4v) is 8.64. The van der Waals surface area contributed by atoms with Gasteiger partial charge < -0.3 is 0 Å². The van der Waals surface area contributed by atoms with Gasteiger partial charge in [-0.2, -0.15) is 0 Å². The minimum absolute atomic E-state index is 0.296. The maximum atomic E-state index is 5.42. The van der Waals surface area contributed by atoms with E-state index in [0.717, 1.165) is 71.0 Å². The zero-order chi connectivity index (χ0) is 40.9. The van der Waals surface area contributed by atoms with E-state index in [1.807, 2.05) is 62.4 Å². The van der Waals surface area contributed by atoms with Crippen LogP contribution in [-0.4, -0.2) is 21.5 Å². The number of benzene rings is 6. The quantitative estimate of drug-likeness (QED) is 0.0568. The summed E-state index contributed by atoms with van der Waals surface area (Å²) in [5, 5.41) is 5.81. The van der Waals surface area contributed by atoms with Crippen molar-refractivity contribution in [2.24, 2.45) is 9.98 Å². The molecule has 2 heterocycles. The van der Waals surface area contributed by atoms with Gasteiger partial charge >= 0.3 is 0 Å². The van der Waals surface area contributed by atoms with Gasteiger partial charge in [0.05, 0.1) is 11.7 Å². The van der Waals surface area contributed by atoms with Crippen LogP contribution in [0.15, 0.2) is 193 Å². The maximum absolute atomic E-state index is 5.42. The van der Waals surface area contributed by atoms with Crippen LogP contribution in [0.3, 0.4) is 0 Å². The molecule has 0 fully saturated rings. The van der Waals surface area contributed by atoms with Crippen LogP contribution >= 0.6 is 11.3 Å². The van der Waals surface area contributed by atoms with E-state index in [-0.39, 0.29) is 6.04 Å². The summed E-state index contributed by atoms with van der Waals surface area (Å²) < 4.78 is 0. The zero-order valence-corrected chi connectivity index (χ0v) is 34.4. The Labute approximate surface area is 350 Å². The highest BCUT2D eigenvalue weighted by Gasteiger charge is 2.21. The summed E-state index contributed by atoms with van der Waals surface area (Å²) in [6.07, 6.45) is 11.6. The first-order chi connectivity index (χ1) is 28.9. The van der Waals surface area contributed by atoms with Gasteiger partial charge in [0, 0.05) is 38.2 Å². The molecule has 0 saturated carbocycles. The Morgan fingerprint density at radius 2 is 1.41 bits per heavy atom. The fourth-order valence-electron chi connectivity index (χ4n) is 7.63. The fraction of sp³-hybridized carbons (Fsp3) is 0.0741. The number of thiophene rings is 1. The third-order valence-electron chi connectivity index (χ3n) is 10.5. The van der Waals surface area contributed by atoms with Crippen LogP contribution in [0.25, 0.3) is 77.7 Å². The summed E-state index contributed by atoms with van der Waals surface area (Å²) in [4.78, 5) is 23.2. The van der Waals surface area contributed by atoms with Crippen molar-refractivity contribution < 1.29 is 0 Å². The molecule has 0 saturated heterocycles. The molecule has 2 aromatic heterocycles. The van der Waals surface area contributed by atoms with Gasteiger partial charge in [-0.15, -0.1) is 11.3 Å². The molecule has 59 heavy (non-hydrogen) atoms. The number of aliphatic imine (C=N–C) groups is 2. The Morgan fingerprint density at radius 3 is 2.12 bits per heavy atom. The largest absolute Gasteiger partial charge is 0.258 e. The molecule has 4 nitrogen and oxygen atoms in total. The summed E-state index contributed by atoms with van der Waals surface area (Å²) in [6.45, 7) is 18.2. The molecule has 0 radical (unpaired) electrons. The van der Waals surface area contributed by atoms with Gasteiger partial charge in [0.25, 0.3) is 0 Å². The molecule has 0 aliphatic rings. The molecule has 0 amide bonds. The lowest BCUT2D eigenvalue weighted by atomic mass is 9.90. The lowest BCUT2D eigenvalue weighted by molar-refractivity contribution is 0.819. The molecule has 286 valence electrons. The molecule has 8 aromatic rings. The molecule has 8 rings (SSSR count). The van der Waals surface area contributed by atoms with Gasteiger partial charge in [-0.3, -0.25) is 4.99 Å². The first-order valence-electron chi connectivity index (χ1n) is 19.8. The maximum Gasteiger partial charge on any atom is 0.161 e. The van der Waals surface area contributed by atoms with E-state index >= 15 is 0 Å². The molecule has 5 heteroatoms. The van der Waals surface area contributed by atoms with Gasteiger partial charge in [0.2, 0.25) is 0 Å². The third-order valence-corrected chi connectivity index (χ3v) is 11.6. The zero-order valence-electron chi connectivity index (χ0n) is 33.6. The number of fused-ring (bicyclic) bond motifs is 4. The SMILES string of the molecule is C=C/C=C(\C=C)C(C)=NC(=NC(C)c1cc(-c2nc(-c3ccccc3)c3c(/C=C\C)c(C=C)sc3n2)cc(-c2cc3ccccc3c3ccccc23)c1)c1ccccc1. The van der Waals surface area contributed by atoms with Gasteiger partial charge in [-0.1, -0.05) is 165 Å². The lowest BCUT2D eigenvalue weighted by Gasteiger charge is -2.17. The van der Waals surface area contributed by atoms with Crippen molar-refractivity contribution in [1.29, 1.82) is 0 Å². The lowest BCUT2D eigenvalue weighted by Crippen LogP contribution is -2.06. The van der Waals surface area contributed by atoms with Crippen molar-refractivity contribution in [3.63, 3.8) is 0 Å². The summed E-state index contributed by atoms with van der Waals surface area (Å²) in [5.41, 5.74) is 9.71. The molecule has 0 N–H and O–H groups in total. The standard InChI is InChI=1S/C54H44N4S/c1-7-21-37(9-3)35(5)55-52(39-25-15-12-16-26-39)56-36(6)41-31-42(48-34-40-27-17-18-28-44(40)45-29-19-20-30-46(45)48)33-43(32-41)53-57-51(38-23-13-11-14-24-38)50-47(22-8-2)49(10-4)59-54(50)58-53/h7-34,36H,1,3-4H2,2,5-6H3/b22-8-,37-21+,55-35?,56-52?. The van der Waals surface area contributed by atoms with Crippen molar-refractivity contribution in [1.82, 2.24) is 9.97 Å². The van der Waals surface area contributed by atoms with Crippen molar-refractivity contribution in [3.8, 4) is 33.8 Å². The summed E-state index contributed by atoms with van der Waals surface area (Å²) in [5.74, 6) is 1.28. The van der Waals surface area contributed by atoms with Crippen LogP contribution in [0.1, 0.15) is 48.4 Å². The van der Waals surface area contributed by atoms with Gasteiger partial charge in [-0.25, -0.2) is 15.0 Å². The van der Waals surface area contributed by atoms with Crippen LogP contribution in [-0.2, 0) is 0 Å². The van der Waals surface area contributed by atoms with E-state index < -0.39 is 0 Å². The molecular weight excluding hydrogens is 737 g/mol. The average molecular weight is 781 g/mol. The van der Waals surface area contributed by atoms with Gasteiger partial charge in [0.1, 0.15) is 4.83 Å². The normalized spacial score (nSPS) is 13.0. The Bertz CT molecular complexity index is 3020. The number of aromatic nitrogens is 2. The highest BCUT2D eigenvalue weighted by Crippen LogP contribution is 2.42.